The van der Waals surface area contributed by atoms with Crippen LogP contribution < -0.4 is 9.47 Å². The summed E-state index contributed by atoms with van der Waals surface area (Å²) in [4.78, 5) is 9.40. The minimum atomic E-state index is 0.729. The van der Waals surface area contributed by atoms with E-state index in [-0.39, 0.29) is 0 Å². The number of hydrogen-bond donors (Lipinski definition) is 0. The molecule has 2 aromatic heterocycles. The highest BCUT2D eigenvalue weighted by atomic mass is 16.5. The number of imidazole rings is 2. The maximum Gasteiger partial charge on any atom is 0.161 e. The van der Waals surface area contributed by atoms with Gasteiger partial charge in [-0.25, -0.2) is 9.97 Å². The van der Waals surface area contributed by atoms with Crippen molar-refractivity contribution < 1.29 is 9.47 Å². The Morgan fingerprint density at radius 1 is 1.03 bits per heavy atom. The molecule has 6 nitrogen and oxygen atoms in total. The first kappa shape index (κ1) is 18.5. The average Bonchev–Trinajstić information content (AvgIpc) is 3.37. The van der Waals surface area contributed by atoms with Crippen molar-refractivity contribution in [2.75, 3.05) is 14.2 Å². The first-order valence-corrected chi connectivity index (χ1v) is 10.1. The van der Waals surface area contributed by atoms with Crippen molar-refractivity contribution in [3.8, 4) is 34.1 Å². The molecule has 0 saturated carbocycles. The van der Waals surface area contributed by atoms with Crippen LogP contribution in [0.3, 0.4) is 0 Å². The molecule has 0 saturated heterocycles. The predicted octanol–water partition coefficient (Wildman–Crippen LogP) is 4.34. The molecule has 5 rings (SSSR count). The van der Waals surface area contributed by atoms with Crippen LogP contribution in [-0.4, -0.2) is 33.3 Å². The molecule has 0 aliphatic carbocycles. The fourth-order valence-electron chi connectivity index (χ4n) is 4.29. The van der Waals surface area contributed by atoms with Gasteiger partial charge in [-0.05, 0) is 36.6 Å². The van der Waals surface area contributed by atoms with Gasteiger partial charge >= 0.3 is 0 Å². The van der Waals surface area contributed by atoms with Gasteiger partial charge in [0, 0.05) is 18.7 Å². The van der Waals surface area contributed by atoms with Crippen LogP contribution in [0.4, 0.5) is 0 Å². The molecular formula is C24H24N4O2. The number of methoxy groups -OCH3 is 2. The summed E-state index contributed by atoms with van der Waals surface area (Å²) >= 11 is 0. The Labute approximate surface area is 175 Å². The first-order chi connectivity index (χ1) is 14.7. The molecule has 0 spiro atoms. The largest absolute Gasteiger partial charge is 0.493 e. The second-order valence-corrected chi connectivity index (χ2v) is 7.51. The molecule has 30 heavy (non-hydrogen) atoms. The minimum absolute atomic E-state index is 0.729. The number of hydrogen-bond acceptors (Lipinski definition) is 4. The molecule has 4 aromatic rings. The third-order valence-corrected chi connectivity index (χ3v) is 5.78. The van der Waals surface area contributed by atoms with Crippen molar-refractivity contribution in [1.82, 2.24) is 19.1 Å². The summed E-state index contributed by atoms with van der Waals surface area (Å²) in [5.74, 6) is 2.50. The Morgan fingerprint density at radius 3 is 2.57 bits per heavy atom. The lowest BCUT2D eigenvalue weighted by Gasteiger charge is -2.22. The molecule has 0 unspecified atom stereocenters. The zero-order valence-electron chi connectivity index (χ0n) is 17.4. The van der Waals surface area contributed by atoms with Gasteiger partial charge in [-0.3, -0.25) is 0 Å². The molecule has 0 amide bonds. The van der Waals surface area contributed by atoms with Crippen molar-refractivity contribution in [2.45, 2.75) is 26.4 Å². The highest BCUT2D eigenvalue weighted by Crippen LogP contribution is 2.42. The number of aryl methyl sites for hydroxylation is 2. The van der Waals surface area contributed by atoms with Crippen molar-refractivity contribution in [3.05, 3.63) is 71.9 Å². The van der Waals surface area contributed by atoms with E-state index in [9.17, 15) is 0 Å². The highest BCUT2D eigenvalue weighted by Gasteiger charge is 2.27. The summed E-state index contributed by atoms with van der Waals surface area (Å²) in [5, 5.41) is 0. The fraction of sp³-hybridized carbons (Fsp3) is 0.250. The molecule has 1 aliphatic heterocycles. The Bertz CT molecular complexity index is 1210. The van der Waals surface area contributed by atoms with Gasteiger partial charge in [0.15, 0.2) is 11.5 Å². The molecule has 3 heterocycles. The summed E-state index contributed by atoms with van der Waals surface area (Å²) in [5.41, 5.74) is 6.70. The van der Waals surface area contributed by atoms with Crippen molar-refractivity contribution in [1.29, 1.82) is 0 Å². The standard InChI is InChI=1S/C24H24N4O2/c1-16-26-23(20-13-25-15-27(20)14-17-7-5-4-6-8-17)24-19-12-22(30-3)21(29-2)11-18(19)9-10-28(16)24/h4-8,11-13,15H,9-10,14H2,1-3H3. The molecule has 0 fully saturated rings. The first-order valence-electron chi connectivity index (χ1n) is 10.1. The number of benzene rings is 2. The van der Waals surface area contributed by atoms with Crippen LogP contribution >= 0.6 is 0 Å². The maximum absolute atomic E-state index is 5.59. The number of nitrogens with zero attached hydrogens (tertiary/aromatic N) is 4. The number of ether oxygens (including phenoxy) is 2. The zero-order valence-corrected chi connectivity index (χ0v) is 17.4. The summed E-state index contributed by atoms with van der Waals surface area (Å²) < 4.78 is 15.6. The third-order valence-electron chi connectivity index (χ3n) is 5.78. The molecule has 0 atom stereocenters. The summed E-state index contributed by atoms with van der Waals surface area (Å²) in [6, 6.07) is 14.6. The van der Waals surface area contributed by atoms with Crippen LogP contribution in [0.5, 0.6) is 11.5 Å². The van der Waals surface area contributed by atoms with E-state index in [0.717, 1.165) is 59.5 Å². The quantitative estimate of drug-likeness (QED) is 0.500. The van der Waals surface area contributed by atoms with Crippen molar-refractivity contribution in [3.63, 3.8) is 0 Å². The lowest BCUT2D eigenvalue weighted by atomic mass is 9.95. The third kappa shape index (κ3) is 2.96. The Kier molecular flexibility index (Phi) is 4.54. The SMILES string of the molecule is COc1cc2c(cc1OC)-c1c(-c3cncn3Cc3ccccc3)nc(C)n1CC2. The topological polar surface area (TPSA) is 54.1 Å². The number of fused-ring (bicyclic) bond motifs is 3. The van der Waals surface area contributed by atoms with Crippen LogP contribution in [0.1, 0.15) is 17.0 Å². The Hall–Kier alpha value is -3.54. The van der Waals surface area contributed by atoms with E-state index in [1.165, 1.54) is 11.1 Å². The van der Waals surface area contributed by atoms with Gasteiger partial charge in [0.1, 0.15) is 11.5 Å². The molecule has 0 radical (unpaired) electrons. The molecule has 1 aliphatic rings. The summed E-state index contributed by atoms with van der Waals surface area (Å²) in [7, 11) is 3.35. The monoisotopic (exact) mass is 400 g/mol. The van der Waals surface area contributed by atoms with Crippen LogP contribution in [0.15, 0.2) is 55.0 Å². The van der Waals surface area contributed by atoms with Gasteiger partial charge in [0.2, 0.25) is 0 Å². The minimum Gasteiger partial charge on any atom is -0.493 e. The maximum atomic E-state index is 5.59. The predicted molar refractivity (Wildman–Crippen MR) is 116 cm³/mol. The molecule has 6 heteroatoms. The second kappa shape index (κ2) is 7.37. The van der Waals surface area contributed by atoms with Crippen LogP contribution in [-0.2, 0) is 19.5 Å². The lowest BCUT2D eigenvalue weighted by Crippen LogP contribution is -2.13. The average molecular weight is 400 g/mol. The van der Waals surface area contributed by atoms with Crippen LogP contribution in [0.25, 0.3) is 22.6 Å². The van der Waals surface area contributed by atoms with Gasteiger partial charge < -0.3 is 18.6 Å². The van der Waals surface area contributed by atoms with E-state index in [1.807, 2.05) is 18.6 Å². The summed E-state index contributed by atoms with van der Waals surface area (Å²) in [6.45, 7) is 3.71. The van der Waals surface area contributed by atoms with E-state index in [1.54, 1.807) is 14.2 Å². The summed E-state index contributed by atoms with van der Waals surface area (Å²) in [6.07, 6.45) is 4.71. The van der Waals surface area contributed by atoms with Gasteiger partial charge in [-0.1, -0.05) is 30.3 Å². The van der Waals surface area contributed by atoms with Gasteiger partial charge in [0.05, 0.1) is 38.1 Å². The normalized spacial score (nSPS) is 12.4. The van der Waals surface area contributed by atoms with E-state index in [0.29, 0.717) is 0 Å². The van der Waals surface area contributed by atoms with Gasteiger partial charge in [0.25, 0.3) is 0 Å². The van der Waals surface area contributed by atoms with E-state index >= 15 is 0 Å². The number of aromatic nitrogens is 4. The Morgan fingerprint density at radius 2 is 1.80 bits per heavy atom. The van der Waals surface area contributed by atoms with E-state index in [2.05, 4.69) is 57.4 Å². The molecule has 0 N–H and O–H groups in total. The molecule has 2 aromatic carbocycles. The molecule has 152 valence electrons. The molecule has 0 bridgehead atoms. The van der Waals surface area contributed by atoms with E-state index < -0.39 is 0 Å². The zero-order chi connectivity index (χ0) is 20.7. The second-order valence-electron chi connectivity index (χ2n) is 7.51. The molecular weight excluding hydrogens is 376 g/mol. The lowest BCUT2D eigenvalue weighted by molar-refractivity contribution is 0.354. The fourth-order valence-corrected chi connectivity index (χ4v) is 4.29. The Balaban J connectivity index is 1.66. The van der Waals surface area contributed by atoms with Crippen LogP contribution in [0.2, 0.25) is 0 Å². The van der Waals surface area contributed by atoms with Gasteiger partial charge in [-0.2, -0.15) is 0 Å². The van der Waals surface area contributed by atoms with Gasteiger partial charge in [-0.15, -0.1) is 0 Å². The highest BCUT2D eigenvalue weighted by molar-refractivity contribution is 5.82. The van der Waals surface area contributed by atoms with Crippen molar-refractivity contribution >= 4 is 0 Å². The smallest absolute Gasteiger partial charge is 0.161 e. The van der Waals surface area contributed by atoms with Crippen molar-refractivity contribution in [2.24, 2.45) is 0 Å². The number of rotatable bonds is 5. The van der Waals surface area contributed by atoms with E-state index in [4.69, 9.17) is 14.5 Å². The van der Waals surface area contributed by atoms with Crippen LogP contribution in [0, 0.1) is 6.92 Å².